The maximum absolute atomic E-state index is 11.0. The number of nitrogens with one attached hydrogen (secondary N) is 1. The Labute approximate surface area is 135 Å². The summed E-state index contributed by atoms with van der Waals surface area (Å²) in [5.74, 6) is -1.01. The third kappa shape index (κ3) is 3.83. The van der Waals surface area contributed by atoms with Gasteiger partial charge in [-0.2, -0.15) is 5.10 Å². The highest BCUT2D eigenvalue weighted by atomic mass is 79.9. The maximum Gasteiger partial charge on any atom is 0.335 e. The number of carbonyl (C=O) groups is 1. The van der Waals surface area contributed by atoms with Crippen molar-refractivity contribution in [3.8, 4) is 0 Å². The van der Waals surface area contributed by atoms with Crippen molar-refractivity contribution in [2.75, 3.05) is 5.43 Å². The van der Waals surface area contributed by atoms with Crippen molar-refractivity contribution < 1.29 is 9.90 Å². The fourth-order valence-corrected chi connectivity index (χ4v) is 2.43. The number of halogens is 2. The molecule has 0 saturated carbocycles. The van der Waals surface area contributed by atoms with Gasteiger partial charge in [-0.15, -0.1) is 0 Å². The smallest absolute Gasteiger partial charge is 0.335 e. The molecule has 2 aromatic carbocycles. The van der Waals surface area contributed by atoms with Crippen molar-refractivity contribution in [1.82, 2.24) is 0 Å². The number of benzene rings is 2. The molecule has 0 saturated heterocycles. The molecule has 2 aromatic rings. The summed E-state index contributed by atoms with van der Waals surface area (Å²) in [4.78, 5) is 11.0. The minimum Gasteiger partial charge on any atom is -0.478 e. The molecule has 2 N–H and O–H groups in total. The van der Waals surface area contributed by atoms with E-state index in [1.165, 1.54) is 18.2 Å². The summed E-state index contributed by atoms with van der Waals surface area (Å²) >= 11 is 9.48. The van der Waals surface area contributed by atoms with Crippen LogP contribution >= 0.6 is 27.5 Å². The average Bonchev–Trinajstić information content (AvgIpc) is 2.46. The van der Waals surface area contributed by atoms with E-state index < -0.39 is 5.97 Å². The standard InChI is InChI=1S/C15H12BrClN2O2/c1-9(11-4-2-3-5-12(11)16)18-19-14-8-10(15(20)21)6-7-13(14)17/h2-8,19H,1H3,(H,20,21). The summed E-state index contributed by atoms with van der Waals surface area (Å²) in [6.45, 7) is 1.85. The molecular formula is C15H12BrClN2O2. The molecule has 0 spiro atoms. The van der Waals surface area contributed by atoms with Crippen LogP contribution in [-0.2, 0) is 0 Å². The molecule has 108 valence electrons. The average molecular weight is 368 g/mol. The Morgan fingerprint density at radius 1 is 1.29 bits per heavy atom. The number of aromatic carboxylic acids is 1. The van der Waals surface area contributed by atoms with Gasteiger partial charge >= 0.3 is 5.97 Å². The van der Waals surface area contributed by atoms with E-state index in [1.54, 1.807) is 0 Å². The van der Waals surface area contributed by atoms with Crippen molar-refractivity contribution in [2.45, 2.75) is 6.92 Å². The molecule has 0 aliphatic heterocycles. The summed E-state index contributed by atoms with van der Waals surface area (Å²) in [6.07, 6.45) is 0. The number of carboxylic acids is 1. The molecule has 0 amide bonds. The van der Waals surface area contributed by atoms with Crippen molar-refractivity contribution in [3.63, 3.8) is 0 Å². The zero-order valence-electron chi connectivity index (χ0n) is 11.1. The summed E-state index contributed by atoms with van der Waals surface area (Å²) in [5.41, 5.74) is 5.09. The number of hydrogen-bond acceptors (Lipinski definition) is 3. The van der Waals surface area contributed by atoms with Gasteiger partial charge in [-0.05, 0) is 31.2 Å². The second-order valence-corrected chi connectivity index (χ2v) is 5.55. The Morgan fingerprint density at radius 3 is 2.67 bits per heavy atom. The Bertz CT molecular complexity index is 717. The second kappa shape index (κ2) is 6.74. The first-order valence-corrected chi connectivity index (χ1v) is 7.24. The van der Waals surface area contributed by atoms with Crippen molar-refractivity contribution in [2.24, 2.45) is 5.10 Å². The third-order valence-corrected chi connectivity index (χ3v) is 3.84. The molecule has 0 bridgehead atoms. The van der Waals surface area contributed by atoms with Crippen LogP contribution in [0.15, 0.2) is 52.0 Å². The number of anilines is 1. The predicted molar refractivity (Wildman–Crippen MR) is 88.4 cm³/mol. The van der Waals surface area contributed by atoms with E-state index in [1.807, 2.05) is 31.2 Å². The lowest BCUT2D eigenvalue weighted by atomic mass is 10.1. The number of nitrogens with zero attached hydrogens (tertiary/aromatic N) is 1. The van der Waals surface area contributed by atoms with Gasteiger partial charge in [0.1, 0.15) is 0 Å². The van der Waals surface area contributed by atoms with Crippen LogP contribution < -0.4 is 5.43 Å². The zero-order chi connectivity index (χ0) is 15.4. The predicted octanol–water partition coefficient (Wildman–Crippen LogP) is 4.64. The van der Waals surface area contributed by atoms with Gasteiger partial charge in [-0.3, -0.25) is 5.43 Å². The van der Waals surface area contributed by atoms with Gasteiger partial charge < -0.3 is 5.11 Å². The molecule has 0 aliphatic carbocycles. The highest BCUT2D eigenvalue weighted by Crippen LogP contribution is 2.24. The first kappa shape index (κ1) is 15.5. The first-order chi connectivity index (χ1) is 9.99. The molecule has 21 heavy (non-hydrogen) atoms. The van der Waals surface area contributed by atoms with Gasteiger partial charge in [-0.1, -0.05) is 45.7 Å². The number of hydrogen-bond donors (Lipinski definition) is 2. The summed E-state index contributed by atoms with van der Waals surface area (Å²) in [7, 11) is 0. The van der Waals surface area contributed by atoms with Crippen LogP contribution in [0, 0.1) is 0 Å². The highest BCUT2D eigenvalue weighted by molar-refractivity contribution is 9.10. The lowest BCUT2D eigenvalue weighted by Crippen LogP contribution is -2.02. The third-order valence-electron chi connectivity index (χ3n) is 2.82. The van der Waals surface area contributed by atoms with E-state index in [0.29, 0.717) is 10.7 Å². The molecule has 0 fully saturated rings. The Balaban J connectivity index is 2.26. The SMILES string of the molecule is CC(=NNc1cc(C(=O)O)ccc1Cl)c1ccccc1Br. The number of rotatable bonds is 4. The first-order valence-electron chi connectivity index (χ1n) is 6.07. The molecule has 0 heterocycles. The normalized spacial score (nSPS) is 11.3. The lowest BCUT2D eigenvalue weighted by Gasteiger charge is -2.07. The van der Waals surface area contributed by atoms with E-state index in [-0.39, 0.29) is 5.56 Å². The van der Waals surface area contributed by atoms with E-state index in [0.717, 1.165) is 15.7 Å². The van der Waals surface area contributed by atoms with Crippen LogP contribution in [0.2, 0.25) is 5.02 Å². The lowest BCUT2D eigenvalue weighted by molar-refractivity contribution is 0.0697. The highest BCUT2D eigenvalue weighted by Gasteiger charge is 2.07. The number of carboxylic acid groups (broad SMARTS) is 1. The van der Waals surface area contributed by atoms with E-state index in [9.17, 15) is 4.79 Å². The van der Waals surface area contributed by atoms with Gasteiger partial charge in [0.15, 0.2) is 0 Å². The summed E-state index contributed by atoms with van der Waals surface area (Å²) in [5, 5.41) is 13.6. The van der Waals surface area contributed by atoms with Gasteiger partial charge in [0.05, 0.1) is 22.0 Å². The Hall–Kier alpha value is -1.85. The zero-order valence-corrected chi connectivity index (χ0v) is 13.4. The quantitative estimate of drug-likeness (QED) is 0.611. The van der Waals surface area contributed by atoms with E-state index >= 15 is 0 Å². The Kier molecular flexibility index (Phi) is 4.98. The molecule has 4 nitrogen and oxygen atoms in total. The molecule has 0 aliphatic rings. The molecule has 0 aromatic heterocycles. The molecule has 0 atom stereocenters. The fourth-order valence-electron chi connectivity index (χ4n) is 1.70. The van der Waals surface area contributed by atoms with E-state index in [2.05, 4.69) is 26.5 Å². The molecular weight excluding hydrogens is 356 g/mol. The topological polar surface area (TPSA) is 61.7 Å². The van der Waals surface area contributed by atoms with Crippen molar-refractivity contribution in [1.29, 1.82) is 0 Å². The van der Waals surface area contributed by atoms with Crippen LogP contribution in [-0.4, -0.2) is 16.8 Å². The molecule has 0 radical (unpaired) electrons. The van der Waals surface area contributed by atoms with Gasteiger partial charge in [0, 0.05) is 10.0 Å². The van der Waals surface area contributed by atoms with Crippen LogP contribution in [0.5, 0.6) is 0 Å². The van der Waals surface area contributed by atoms with Crippen LogP contribution in [0.25, 0.3) is 0 Å². The van der Waals surface area contributed by atoms with Crippen LogP contribution in [0.3, 0.4) is 0 Å². The molecule has 0 unspecified atom stereocenters. The largest absolute Gasteiger partial charge is 0.478 e. The van der Waals surface area contributed by atoms with E-state index in [4.69, 9.17) is 16.7 Å². The van der Waals surface area contributed by atoms with Crippen molar-refractivity contribution in [3.05, 3.63) is 63.1 Å². The maximum atomic E-state index is 11.0. The monoisotopic (exact) mass is 366 g/mol. The summed E-state index contributed by atoms with van der Waals surface area (Å²) < 4.78 is 0.929. The van der Waals surface area contributed by atoms with Gasteiger partial charge in [-0.25, -0.2) is 4.79 Å². The minimum atomic E-state index is -1.01. The Morgan fingerprint density at radius 2 is 2.00 bits per heavy atom. The molecule has 6 heteroatoms. The summed E-state index contributed by atoms with van der Waals surface area (Å²) in [6, 6.07) is 12.1. The minimum absolute atomic E-state index is 0.149. The van der Waals surface area contributed by atoms with Gasteiger partial charge in [0.25, 0.3) is 0 Å². The molecule has 2 rings (SSSR count). The van der Waals surface area contributed by atoms with Gasteiger partial charge in [0.2, 0.25) is 0 Å². The second-order valence-electron chi connectivity index (χ2n) is 4.29. The van der Waals surface area contributed by atoms with Crippen molar-refractivity contribution >= 4 is 44.9 Å². The van der Waals surface area contributed by atoms with Crippen LogP contribution in [0.4, 0.5) is 5.69 Å². The van der Waals surface area contributed by atoms with Crippen LogP contribution in [0.1, 0.15) is 22.8 Å². The fraction of sp³-hybridized carbons (Fsp3) is 0.0667. The number of hydrazone groups is 1.